The standard InChI is InChI=1S/C14H29NO2/c1-6-12(7-8-16)10-15-13(17)9-11(2)14(3,4)5/h11-12,16H,6-10H2,1-5H3,(H,15,17). The molecular formula is C14H29NO2. The number of aliphatic hydroxyl groups excluding tert-OH is 1. The molecular weight excluding hydrogens is 214 g/mol. The number of rotatable bonds is 7. The number of amides is 1. The summed E-state index contributed by atoms with van der Waals surface area (Å²) in [4.78, 5) is 11.8. The maximum atomic E-state index is 11.8. The van der Waals surface area contributed by atoms with Gasteiger partial charge in [0.05, 0.1) is 0 Å². The van der Waals surface area contributed by atoms with Gasteiger partial charge in [-0.05, 0) is 23.7 Å². The second kappa shape index (κ2) is 7.70. The van der Waals surface area contributed by atoms with Crippen LogP contribution in [0.2, 0.25) is 0 Å². The van der Waals surface area contributed by atoms with Crippen LogP contribution in [-0.2, 0) is 4.79 Å². The molecule has 0 aromatic carbocycles. The molecule has 17 heavy (non-hydrogen) atoms. The van der Waals surface area contributed by atoms with Gasteiger partial charge in [-0.1, -0.05) is 41.0 Å². The van der Waals surface area contributed by atoms with Crippen molar-refractivity contribution in [2.75, 3.05) is 13.2 Å². The highest BCUT2D eigenvalue weighted by atomic mass is 16.3. The average Bonchev–Trinajstić information content (AvgIpc) is 2.22. The van der Waals surface area contributed by atoms with Gasteiger partial charge in [-0.15, -0.1) is 0 Å². The lowest BCUT2D eigenvalue weighted by molar-refractivity contribution is -0.122. The van der Waals surface area contributed by atoms with E-state index < -0.39 is 0 Å². The fraction of sp³-hybridized carbons (Fsp3) is 0.929. The van der Waals surface area contributed by atoms with Crippen LogP contribution in [0.3, 0.4) is 0 Å². The molecule has 0 aromatic rings. The molecule has 0 bridgehead atoms. The summed E-state index contributed by atoms with van der Waals surface area (Å²) < 4.78 is 0. The van der Waals surface area contributed by atoms with E-state index in [1.54, 1.807) is 0 Å². The summed E-state index contributed by atoms with van der Waals surface area (Å²) >= 11 is 0. The molecule has 0 rings (SSSR count). The summed E-state index contributed by atoms with van der Waals surface area (Å²) in [6, 6.07) is 0. The van der Waals surface area contributed by atoms with Crippen LogP contribution in [0, 0.1) is 17.3 Å². The van der Waals surface area contributed by atoms with Gasteiger partial charge in [0.25, 0.3) is 0 Å². The zero-order chi connectivity index (χ0) is 13.5. The molecule has 0 aliphatic rings. The second-order valence-corrected chi connectivity index (χ2v) is 6.06. The zero-order valence-corrected chi connectivity index (χ0v) is 12.0. The van der Waals surface area contributed by atoms with E-state index in [1.165, 1.54) is 0 Å². The Bertz CT molecular complexity index is 221. The Morgan fingerprint density at radius 2 is 1.94 bits per heavy atom. The molecule has 0 aromatic heterocycles. The third-order valence-corrected chi connectivity index (χ3v) is 3.67. The quantitative estimate of drug-likeness (QED) is 0.722. The molecule has 0 saturated carbocycles. The smallest absolute Gasteiger partial charge is 0.220 e. The molecule has 0 fully saturated rings. The Kier molecular flexibility index (Phi) is 7.44. The summed E-state index contributed by atoms with van der Waals surface area (Å²) in [5.41, 5.74) is 0.173. The Balaban J connectivity index is 3.94. The zero-order valence-electron chi connectivity index (χ0n) is 12.0. The van der Waals surface area contributed by atoms with Crippen molar-refractivity contribution in [3.05, 3.63) is 0 Å². The molecule has 0 aliphatic carbocycles. The minimum absolute atomic E-state index is 0.129. The van der Waals surface area contributed by atoms with Crippen molar-refractivity contribution in [1.29, 1.82) is 0 Å². The fourth-order valence-electron chi connectivity index (χ4n) is 1.55. The predicted molar refractivity (Wildman–Crippen MR) is 71.7 cm³/mol. The van der Waals surface area contributed by atoms with Gasteiger partial charge in [-0.25, -0.2) is 0 Å². The predicted octanol–water partition coefficient (Wildman–Crippen LogP) is 2.58. The summed E-state index contributed by atoms with van der Waals surface area (Å²) in [5, 5.41) is 11.8. The van der Waals surface area contributed by atoms with Crippen LogP contribution in [0.25, 0.3) is 0 Å². The minimum Gasteiger partial charge on any atom is -0.396 e. The van der Waals surface area contributed by atoms with E-state index in [0.717, 1.165) is 12.8 Å². The molecule has 0 heterocycles. The monoisotopic (exact) mass is 243 g/mol. The molecule has 0 saturated heterocycles. The van der Waals surface area contributed by atoms with Crippen molar-refractivity contribution in [2.24, 2.45) is 17.3 Å². The highest BCUT2D eigenvalue weighted by Gasteiger charge is 2.22. The normalized spacial score (nSPS) is 15.4. The maximum absolute atomic E-state index is 11.8. The Morgan fingerprint density at radius 3 is 2.35 bits per heavy atom. The van der Waals surface area contributed by atoms with Gasteiger partial charge in [0, 0.05) is 19.6 Å². The molecule has 3 heteroatoms. The molecule has 1 amide bonds. The van der Waals surface area contributed by atoms with Gasteiger partial charge in [-0.2, -0.15) is 0 Å². The highest BCUT2D eigenvalue weighted by molar-refractivity contribution is 5.76. The van der Waals surface area contributed by atoms with Crippen LogP contribution >= 0.6 is 0 Å². The number of carbonyl (C=O) groups excluding carboxylic acids is 1. The van der Waals surface area contributed by atoms with Gasteiger partial charge in [0.15, 0.2) is 0 Å². The molecule has 0 aliphatic heterocycles. The summed E-state index contributed by atoms with van der Waals surface area (Å²) in [6.45, 7) is 11.6. The molecule has 2 atom stereocenters. The number of aliphatic hydroxyl groups is 1. The Hall–Kier alpha value is -0.570. The average molecular weight is 243 g/mol. The minimum atomic E-state index is 0.129. The van der Waals surface area contributed by atoms with Crippen LogP contribution < -0.4 is 5.32 Å². The fourth-order valence-corrected chi connectivity index (χ4v) is 1.55. The number of nitrogens with one attached hydrogen (secondary N) is 1. The third kappa shape index (κ3) is 7.37. The van der Waals surface area contributed by atoms with Crippen molar-refractivity contribution in [3.63, 3.8) is 0 Å². The third-order valence-electron chi connectivity index (χ3n) is 3.67. The van der Waals surface area contributed by atoms with Crippen LogP contribution in [0.4, 0.5) is 0 Å². The van der Waals surface area contributed by atoms with E-state index in [-0.39, 0.29) is 17.9 Å². The van der Waals surface area contributed by atoms with Crippen LogP contribution in [0.15, 0.2) is 0 Å². The number of hydrogen-bond donors (Lipinski definition) is 2. The van der Waals surface area contributed by atoms with Gasteiger partial charge in [-0.3, -0.25) is 4.79 Å². The highest BCUT2D eigenvalue weighted by Crippen LogP contribution is 2.27. The molecule has 0 radical (unpaired) electrons. The first-order chi connectivity index (χ1) is 7.81. The van der Waals surface area contributed by atoms with E-state index in [0.29, 0.717) is 24.8 Å². The number of hydrogen-bond acceptors (Lipinski definition) is 2. The van der Waals surface area contributed by atoms with E-state index in [4.69, 9.17) is 5.11 Å². The first-order valence-corrected chi connectivity index (χ1v) is 6.68. The van der Waals surface area contributed by atoms with Crippen molar-refractivity contribution in [2.45, 2.75) is 53.9 Å². The van der Waals surface area contributed by atoms with Crippen molar-refractivity contribution >= 4 is 5.91 Å². The van der Waals surface area contributed by atoms with E-state index in [2.05, 4.69) is 39.9 Å². The largest absolute Gasteiger partial charge is 0.396 e. The topological polar surface area (TPSA) is 49.3 Å². The Morgan fingerprint density at radius 1 is 1.35 bits per heavy atom. The molecule has 2 N–H and O–H groups in total. The Labute approximate surface area is 106 Å². The van der Waals surface area contributed by atoms with Crippen LogP contribution in [-0.4, -0.2) is 24.2 Å². The van der Waals surface area contributed by atoms with E-state index >= 15 is 0 Å². The second-order valence-electron chi connectivity index (χ2n) is 6.06. The van der Waals surface area contributed by atoms with E-state index in [1.807, 2.05) is 0 Å². The molecule has 0 spiro atoms. The SMILES string of the molecule is CCC(CCO)CNC(=O)CC(C)C(C)(C)C. The molecule has 102 valence electrons. The molecule has 2 unspecified atom stereocenters. The van der Waals surface area contributed by atoms with Gasteiger partial charge in [0.1, 0.15) is 0 Å². The van der Waals surface area contributed by atoms with Crippen LogP contribution in [0.1, 0.15) is 53.9 Å². The summed E-state index contributed by atoms with van der Waals surface area (Å²) in [7, 11) is 0. The summed E-state index contributed by atoms with van der Waals surface area (Å²) in [5.74, 6) is 0.901. The van der Waals surface area contributed by atoms with Crippen molar-refractivity contribution in [1.82, 2.24) is 5.32 Å². The summed E-state index contributed by atoms with van der Waals surface area (Å²) in [6.07, 6.45) is 2.35. The first kappa shape index (κ1) is 16.4. The van der Waals surface area contributed by atoms with Crippen molar-refractivity contribution < 1.29 is 9.90 Å². The number of carbonyl (C=O) groups is 1. The molecule has 3 nitrogen and oxygen atoms in total. The van der Waals surface area contributed by atoms with E-state index in [9.17, 15) is 4.79 Å². The van der Waals surface area contributed by atoms with Crippen LogP contribution in [0.5, 0.6) is 0 Å². The first-order valence-electron chi connectivity index (χ1n) is 6.68. The van der Waals surface area contributed by atoms with Gasteiger partial charge < -0.3 is 10.4 Å². The van der Waals surface area contributed by atoms with Gasteiger partial charge >= 0.3 is 0 Å². The van der Waals surface area contributed by atoms with Gasteiger partial charge in [0.2, 0.25) is 5.91 Å². The lowest BCUT2D eigenvalue weighted by Crippen LogP contribution is -2.32. The lowest BCUT2D eigenvalue weighted by Gasteiger charge is -2.27. The lowest BCUT2D eigenvalue weighted by atomic mass is 9.80. The maximum Gasteiger partial charge on any atom is 0.220 e. The van der Waals surface area contributed by atoms with Crippen molar-refractivity contribution in [3.8, 4) is 0 Å².